The first-order valence-electron chi connectivity index (χ1n) is 9.52. The lowest BCUT2D eigenvalue weighted by atomic mass is 10.1. The van der Waals surface area contributed by atoms with Crippen LogP contribution in [0.4, 0.5) is 11.4 Å². The second-order valence-corrected chi connectivity index (χ2v) is 7.17. The number of fused-ring (bicyclic) bond motifs is 2. The number of aromatic nitrogens is 4. The average Bonchev–Trinajstić information content (AvgIpc) is 3.10. The molecule has 0 aliphatic heterocycles. The Morgan fingerprint density at radius 3 is 2.90 bits per heavy atom. The fourth-order valence-corrected chi connectivity index (χ4v) is 3.23. The molecule has 0 fully saturated rings. The number of nitrogens with two attached hydrogens (primary N) is 1. The molecule has 0 radical (unpaired) electrons. The van der Waals surface area contributed by atoms with E-state index in [9.17, 15) is 4.79 Å². The molecule has 0 unspecified atom stereocenters. The van der Waals surface area contributed by atoms with Crippen molar-refractivity contribution in [1.29, 1.82) is 0 Å². The summed E-state index contributed by atoms with van der Waals surface area (Å²) in [6.45, 7) is 2.49. The van der Waals surface area contributed by atoms with Crippen LogP contribution in [-0.4, -0.2) is 45.4 Å². The second kappa shape index (κ2) is 7.96. The van der Waals surface area contributed by atoms with E-state index < -0.39 is 0 Å². The van der Waals surface area contributed by atoms with E-state index in [0.717, 1.165) is 16.6 Å². The number of nitrogens with one attached hydrogen (secondary N) is 2. The summed E-state index contributed by atoms with van der Waals surface area (Å²) < 4.78 is 6.90. The van der Waals surface area contributed by atoms with Crippen molar-refractivity contribution in [3.05, 3.63) is 48.3 Å². The molecule has 9 heteroatoms. The largest absolute Gasteiger partial charge is 0.467 e. The molecule has 0 saturated heterocycles. The van der Waals surface area contributed by atoms with Gasteiger partial charge in [0.05, 0.1) is 23.7 Å². The lowest BCUT2D eigenvalue weighted by Crippen LogP contribution is -2.25. The molecular formula is C21H23N7O2. The lowest BCUT2D eigenvalue weighted by Gasteiger charge is -2.14. The molecule has 0 aliphatic carbocycles. The van der Waals surface area contributed by atoms with Crippen LogP contribution in [0, 0.1) is 0 Å². The predicted octanol–water partition coefficient (Wildman–Crippen LogP) is 2.54. The SMILES string of the molecule is COc1ncc2c(NC[C@H](C)N)ccc(C(=O)Nc3ccc4cn(C)nc4c3)c2n1. The summed E-state index contributed by atoms with van der Waals surface area (Å²) >= 11 is 0. The van der Waals surface area contributed by atoms with Gasteiger partial charge >= 0.3 is 6.01 Å². The molecule has 154 valence electrons. The van der Waals surface area contributed by atoms with Gasteiger partial charge in [-0.1, -0.05) is 0 Å². The molecular weight excluding hydrogens is 382 g/mol. The van der Waals surface area contributed by atoms with E-state index in [2.05, 4.69) is 25.7 Å². The van der Waals surface area contributed by atoms with Crippen LogP contribution in [0.3, 0.4) is 0 Å². The fourth-order valence-electron chi connectivity index (χ4n) is 3.23. The number of carbonyl (C=O) groups excluding carboxylic acids is 1. The molecule has 30 heavy (non-hydrogen) atoms. The Balaban J connectivity index is 1.70. The Morgan fingerprint density at radius 2 is 2.13 bits per heavy atom. The van der Waals surface area contributed by atoms with Crippen LogP contribution in [-0.2, 0) is 7.05 Å². The van der Waals surface area contributed by atoms with Gasteiger partial charge in [0.2, 0.25) is 0 Å². The van der Waals surface area contributed by atoms with Gasteiger partial charge in [0, 0.05) is 54.2 Å². The number of ether oxygens (including phenoxy) is 1. The molecule has 4 N–H and O–H groups in total. The molecule has 1 amide bonds. The molecule has 0 spiro atoms. The molecule has 0 aliphatic rings. The Morgan fingerprint density at radius 1 is 1.30 bits per heavy atom. The van der Waals surface area contributed by atoms with E-state index in [1.807, 2.05) is 44.4 Å². The van der Waals surface area contributed by atoms with E-state index in [-0.39, 0.29) is 18.0 Å². The zero-order chi connectivity index (χ0) is 21.3. The number of benzene rings is 2. The Hall–Kier alpha value is -3.72. The third kappa shape index (κ3) is 3.87. The Labute approximate surface area is 173 Å². The minimum atomic E-state index is -0.283. The number of rotatable bonds is 6. The molecule has 4 rings (SSSR count). The number of methoxy groups -OCH3 is 1. The van der Waals surface area contributed by atoms with Gasteiger partial charge in [0.15, 0.2) is 0 Å². The van der Waals surface area contributed by atoms with Gasteiger partial charge in [-0.15, -0.1) is 0 Å². The standard InChI is InChI=1S/C21H23N7O2/c1-12(22)9-23-17-7-6-15(19-16(17)10-24-21(26-19)30-3)20(29)25-14-5-4-13-11-28(2)27-18(13)8-14/h4-8,10-12,23H,9,22H2,1-3H3,(H,25,29)/t12-/m0/s1. The van der Waals surface area contributed by atoms with E-state index >= 15 is 0 Å². The number of aryl methyl sites for hydroxylation is 1. The van der Waals surface area contributed by atoms with E-state index in [4.69, 9.17) is 10.5 Å². The highest BCUT2D eigenvalue weighted by Crippen LogP contribution is 2.27. The Bertz CT molecular complexity index is 1230. The summed E-state index contributed by atoms with van der Waals surface area (Å²) in [6.07, 6.45) is 3.56. The maximum atomic E-state index is 13.1. The fraction of sp³-hybridized carbons (Fsp3) is 0.238. The molecule has 2 aromatic carbocycles. The van der Waals surface area contributed by atoms with Crippen molar-refractivity contribution in [2.24, 2.45) is 12.8 Å². The van der Waals surface area contributed by atoms with Crippen LogP contribution in [0.1, 0.15) is 17.3 Å². The van der Waals surface area contributed by atoms with E-state index in [1.165, 1.54) is 7.11 Å². The first kappa shape index (κ1) is 19.6. The quantitative estimate of drug-likeness (QED) is 0.451. The van der Waals surface area contributed by atoms with Gasteiger partial charge in [-0.3, -0.25) is 9.48 Å². The van der Waals surface area contributed by atoms with Gasteiger partial charge in [-0.25, -0.2) is 4.98 Å². The van der Waals surface area contributed by atoms with Crippen LogP contribution < -0.4 is 21.1 Å². The van der Waals surface area contributed by atoms with Gasteiger partial charge in [0.1, 0.15) is 0 Å². The van der Waals surface area contributed by atoms with Crippen LogP contribution in [0.2, 0.25) is 0 Å². The molecule has 9 nitrogen and oxygen atoms in total. The number of carbonyl (C=O) groups is 1. The summed E-state index contributed by atoms with van der Waals surface area (Å²) in [5.41, 5.74) is 9.02. The van der Waals surface area contributed by atoms with Crippen molar-refractivity contribution >= 4 is 39.1 Å². The maximum absolute atomic E-state index is 13.1. The summed E-state index contributed by atoms with van der Waals surface area (Å²) in [5.74, 6) is -0.283. The summed E-state index contributed by atoms with van der Waals surface area (Å²) in [5, 5.41) is 12.3. The number of nitrogens with zero attached hydrogens (tertiary/aromatic N) is 4. The van der Waals surface area contributed by atoms with Gasteiger partial charge < -0.3 is 21.1 Å². The van der Waals surface area contributed by atoms with E-state index in [0.29, 0.717) is 28.7 Å². The third-order valence-corrected chi connectivity index (χ3v) is 4.65. The highest BCUT2D eigenvalue weighted by atomic mass is 16.5. The normalized spacial score (nSPS) is 12.1. The Kier molecular flexibility index (Phi) is 5.20. The van der Waals surface area contributed by atoms with E-state index in [1.54, 1.807) is 16.9 Å². The second-order valence-electron chi connectivity index (χ2n) is 7.17. The van der Waals surface area contributed by atoms with Crippen molar-refractivity contribution in [3.63, 3.8) is 0 Å². The first-order valence-corrected chi connectivity index (χ1v) is 9.52. The minimum absolute atomic E-state index is 0.0243. The predicted molar refractivity (Wildman–Crippen MR) is 117 cm³/mol. The minimum Gasteiger partial charge on any atom is -0.467 e. The van der Waals surface area contributed by atoms with Crippen molar-refractivity contribution in [2.45, 2.75) is 13.0 Å². The maximum Gasteiger partial charge on any atom is 0.316 e. The van der Waals surface area contributed by atoms with Crippen molar-refractivity contribution in [2.75, 3.05) is 24.3 Å². The van der Waals surface area contributed by atoms with Crippen molar-refractivity contribution < 1.29 is 9.53 Å². The first-order chi connectivity index (χ1) is 14.4. The number of hydrogen-bond donors (Lipinski definition) is 3. The molecule has 1 atom stereocenters. The van der Waals surface area contributed by atoms with Crippen LogP contribution in [0.25, 0.3) is 21.8 Å². The zero-order valence-electron chi connectivity index (χ0n) is 17.0. The van der Waals surface area contributed by atoms with Gasteiger partial charge in [-0.05, 0) is 37.3 Å². The topological polar surface area (TPSA) is 120 Å². The molecule has 0 saturated carbocycles. The number of anilines is 2. The molecule has 4 aromatic rings. The third-order valence-electron chi connectivity index (χ3n) is 4.65. The summed E-state index contributed by atoms with van der Waals surface area (Å²) in [7, 11) is 3.35. The lowest BCUT2D eigenvalue weighted by molar-refractivity contribution is 0.102. The number of amides is 1. The summed E-state index contributed by atoms with van der Waals surface area (Å²) in [6, 6.07) is 9.33. The zero-order valence-corrected chi connectivity index (χ0v) is 17.0. The van der Waals surface area contributed by atoms with Crippen LogP contribution in [0.5, 0.6) is 6.01 Å². The van der Waals surface area contributed by atoms with Crippen LogP contribution in [0.15, 0.2) is 42.7 Å². The van der Waals surface area contributed by atoms with Gasteiger partial charge in [-0.2, -0.15) is 10.1 Å². The summed E-state index contributed by atoms with van der Waals surface area (Å²) in [4.78, 5) is 21.7. The highest BCUT2D eigenvalue weighted by Gasteiger charge is 2.16. The highest BCUT2D eigenvalue weighted by molar-refractivity contribution is 6.14. The number of hydrogen-bond acceptors (Lipinski definition) is 7. The monoisotopic (exact) mass is 405 g/mol. The van der Waals surface area contributed by atoms with Crippen LogP contribution >= 0.6 is 0 Å². The van der Waals surface area contributed by atoms with Crippen molar-refractivity contribution in [3.8, 4) is 6.01 Å². The molecule has 2 heterocycles. The molecule has 0 bridgehead atoms. The van der Waals surface area contributed by atoms with Crippen molar-refractivity contribution in [1.82, 2.24) is 19.7 Å². The average molecular weight is 405 g/mol. The smallest absolute Gasteiger partial charge is 0.316 e. The molecule has 2 aromatic heterocycles. The van der Waals surface area contributed by atoms with Gasteiger partial charge in [0.25, 0.3) is 5.91 Å².